The average Bonchev–Trinajstić information content (AvgIpc) is 2.59. The number of benzene rings is 2. The molecular formula is C15H16N2O7S2. The number of hydrogen-bond donors (Lipinski definition) is 2. The van der Waals surface area contributed by atoms with Gasteiger partial charge in [-0.05, 0) is 48.5 Å². The maximum Gasteiger partial charge on any atom is 0.343 e. The minimum absolute atomic E-state index is 0.0431. The van der Waals surface area contributed by atoms with Gasteiger partial charge >= 0.3 is 5.97 Å². The van der Waals surface area contributed by atoms with E-state index in [1.165, 1.54) is 55.6 Å². The number of rotatable bonds is 7. The van der Waals surface area contributed by atoms with E-state index in [-0.39, 0.29) is 22.1 Å². The molecule has 0 bridgehead atoms. The number of sulfonamides is 2. The molecule has 0 spiro atoms. The summed E-state index contributed by atoms with van der Waals surface area (Å²) in [5.41, 5.74) is 0.170. The minimum Gasteiger partial charge on any atom is -0.482 e. The van der Waals surface area contributed by atoms with E-state index in [1.54, 1.807) is 0 Å². The Morgan fingerprint density at radius 1 is 0.962 bits per heavy atom. The lowest BCUT2D eigenvalue weighted by Crippen LogP contribution is -2.15. The van der Waals surface area contributed by atoms with Crippen molar-refractivity contribution in [2.45, 2.75) is 9.79 Å². The van der Waals surface area contributed by atoms with Crippen LogP contribution in [0.2, 0.25) is 0 Å². The monoisotopic (exact) mass is 400 g/mol. The van der Waals surface area contributed by atoms with Gasteiger partial charge in [-0.15, -0.1) is 0 Å². The van der Waals surface area contributed by atoms with E-state index < -0.39 is 26.0 Å². The fourth-order valence-electron chi connectivity index (χ4n) is 1.84. The molecule has 0 aromatic heterocycles. The van der Waals surface area contributed by atoms with Gasteiger partial charge in [0.15, 0.2) is 6.61 Å². The molecule has 0 aliphatic heterocycles. The Bertz CT molecular complexity index is 983. The van der Waals surface area contributed by atoms with Crippen molar-refractivity contribution in [1.29, 1.82) is 0 Å². The zero-order chi connectivity index (χ0) is 19.4. The van der Waals surface area contributed by atoms with Gasteiger partial charge in [0, 0.05) is 5.69 Å². The van der Waals surface area contributed by atoms with Crippen LogP contribution in [0.1, 0.15) is 0 Å². The van der Waals surface area contributed by atoms with E-state index in [4.69, 9.17) is 9.88 Å². The molecular weight excluding hydrogens is 384 g/mol. The fraction of sp³-hybridized carbons (Fsp3) is 0.133. The molecule has 0 saturated heterocycles. The van der Waals surface area contributed by atoms with Crippen LogP contribution in [0.25, 0.3) is 0 Å². The molecule has 0 aliphatic rings. The van der Waals surface area contributed by atoms with E-state index in [0.717, 1.165) is 0 Å². The highest BCUT2D eigenvalue weighted by atomic mass is 32.2. The van der Waals surface area contributed by atoms with Gasteiger partial charge in [0.2, 0.25) is 10.0 Å². The van der Waals surface area contributed by atoms with Crippen LogP contribution >= 0.6 is 0 Å². The van der Waals surface area contributed by atoms with Crippen molar-refractivity contribution in [2.24, 2.45) is 5.14 Å². The molecule has 2 aromatic rings. The van der Waals surface area contributed by atoms with Gasteiger partial charge in [0.1, 0.15) is 5.75 Å². The number of methoxy groups -OCH3 is 1. The second-order valence-electron chi connectivity index (χ2n) is 5.01. The fourth-order valence-corrected chi connectivity index (χ4v) is 3.42. The van der Waals surface area contributed by atoms with E-state index in [2.05, 4.69) is 9.46 Å². The highest BCUT2D eigenvalue weighted by Crippen LogP contribution is 2.20. The third-order valence-electron chi connectivity index (χ3n) is 3.15. The highest BCUT2D eigenvalue weighted by Gasteiger charge is 2.15. The topological polar surface area (TPSA) is 142 Å². The number of carbonyl (C=O) groups is 1. The van der Waals surface area contributed by atoms with E-state index in [0.29, 0.717) is 5.75 Å². The predicted molar refractivity (Wildman–Crippen MR) is 92.6 cm³/mol. The van der Waals surface area contributed by atoms with Crippen LogP contribution < -0.4 is 14.6 Å². The van der Waals surface area contributed by atoms with Crippen LogP contribution in [-0.2, 0) is 29.6 Å². The van der Waals surface area contributed by atoms with Crippen LogP contribution in [0.15, 0.2) is 58.3 Å². The normalized spacial score (nSPS) is 11.6. The molecule has 2 aromatic carbocycles. The van der Waals surface area contributed by atoms with Crippen molar-refractivity contribution in [2.75, 3.05) is 18.4 Å². The molecule has 140 valence electrons. The number of anilines is 1. The van der Waals surface area contributed by atoms with E-state index >= 15 is 0 Å². The molecule has 0 radical (unpaired) electrons. The Labute approximate surface area is 150 Å². The number of ether oxygens (including phenoxy) is 2. The Balaban J connectivity index is 2.11. The second kappa shape index (κ2) is 7.72. The predicted octanol–water partition coefficient (Wildman–Crippen LogP) is 0.687. The van der Waals surface area contributed by atoms with E-state index in [9.17, 15) is 21.6 Å². The van der Waals surface area contributed by atoms with Gasteiger partial charge in [0.25, 0.3) is 10.0 Å². The van der Waals surface area contributed by atoms with Gasteiger partial charge < -0.3 is 9.47 Å². The van der Waals surface area contributed by atoms with Crippen LogP contribution in [-0.4, -0.2) is 36.5 Å². The molecule has 0 atom stereocenters. The van der Waals surface area contributed by atoms with Gasteiger partial charge in [-0.3, -0.25) is 4.72 Å². The average molecular weight is 400 g/mol. The maximum atomic E-state index is 12.3. The summed E-state index contributed by atoms with van der Waals surface area (Å²) in [4.78, 5) is 10.8. The molecule has 26 heavy (non-hydrogen) atoms. The summed E-state index contributed by atoms with van der Waals surface area (Å²) < 4.78 is 58.9. The molecule has 0 amide bonds. The van der Waals surface area contributed by atoms with Crippen LogP contribution in [0.5, 0.6) is 5.75 Å². The van der Waals surface area contributed by atoms with Gasteiger partial charge in [-0.25, -0.2) is 26.8 Å². The molecule has 0 heterocycles. The summed E-state index contributed by atoms with van der Waals surface area (Å²) >= 11 is 0. The SMILES string of the molecule is COC(=O)COc1ccc(S(=O)(=O)Nc2ccc(S(N)(=O)=O)cc2)cc1. The third kappa shape index (κ3) is 5.18. The van der Waals surface area contributed by atoms with E-state index in [1.807, 2.05) is 0 Å². The Morgan fingerprint density at radius 3 is 2.00 bits per heavy atom. The highest BCUT2D eigenvalue weighted by molar-refractivity contribution is 7.92. The summed E-state index contributed by atoms with van der Waals surface area (Å²) in [6.07, 6.45) is 0. The number of primary sulfonamides is 1. The smallest absolute Gasteiger partial charge is 0.343 e. The number of hydrogen-bond acceptors (Lipinski definition) is 7. The lowest BCUT2D eigenvalue weighted by molar-refractivity contribution is -0.142. The zero-order valence-electron chi connectivity index (χ0n) is 13.6. The number of nitrogens with two attached hydrogens (primary N) is 1. The lowest BCUT2D eigenvalue weighted by atomic mass is 10.3. The van der Waals surface area contributed by atoms with Crippen molar-refractivity contribution < 1.29 is 31.1 Å². The number of carbonyl (C=O) groups excluding carboxylic acids is 1. The molecule has 3 N–H and O–H groups in total. The minimum atomic E-state index is -3.89. The van der Waals surface area contributed by atoms with Gasteiger partial charge in [-0.2, -0.15) is 0 Å². The first kappa shape index (κ1) is 19.7. The van der Waals surface area contributed by atoms with Crippen molar-refractivity contribution in [1.82, 2.24) is 0 Å². The summed E-state index contributed by atoms with van der Waals surface area (Å²) in [5, 5.41) is 4.98. The quantitative estimate of drug-likeness (QED) is 0.651. The first-order valence-corrected chi connectivity index (χ1v) is 10.1. The first-order valence-electron chi connectivity index (χ1n) is 7.07. The summed E-state index contributed by atoms with van der Waals surface area (Å²) in [7, 11) is -6.53. The first-order chi connectivity index (χ1) is 12.1. The third-order valence-corrected chi connectivity index (χ3v) is 5.48. The second-order valence-corrected chi connectivity index (χ2v) is 8.25. The molecule has 2 rings (SSSR count). The summed E-state index contributed by atoms with van der Waals surface area (Å²) in [6, 6.07) is 10.3. The van der Waals surface area contributed by atoms with Crippen molar-refractivity contribution in [3.63, 3.8) is 0 Å². The standard InChI is InChI=1S/C15H16N2O7S2/c1-23-15(18)10-24-12-4-8-14(9-5-12)26(21,22)17-11-2-6-13(7-3-11)25(16,19)20/h2-9,17H,10H2,1H3,(H2,16,19,20). The number of nitrogens with one attached hydrogen (secondary N) is 1. The Hall–Kier alpha value is -2.63. The van der Waals surface area contributed by atoms with Crippen LogP contribution in [0.4, 0.5) is 5.69 Å². The maximum absolute atomic E-state index is 12.3. The summed E-state index contributed by atoms with van der Waals surface area (Å²) in [6.45, 7) is -0.294. The Kier molecular flexibility index (Phi) is 5.85. The number of esters is 1. The molecule has 9 nitrogen and oxygen atoms in total. The van der Waals surface area contributed by atoms with Crippen molar-refractivity contribution in [3.8, 4) is 5.75 Å². The molecule has 0 unspecified atom stereocenters. The van der Waals surface area contributed by atoms with Gasteiger partial charge in [-0.1, -0.05) is 0 Å². The summed E-state index contributed by atoms with van der Waals surface area (Å²) in [5.74, 6) is -0.266. The molecule has 11 heteroatoms. The van der Waals surface area contributed by atoms with Crippen LogP contribution in [0.3, 0.4) is 0 Å². The largest absolute Gasteiger partial charge is 0.482 e. The van der Waals surface area contributed by atoms with Gasteiger partial charge in [0.05, 0.1) is 16.9 Å². The lowest BCUT2D eigenvalue weighted by Gasteiger charge is -2.10. The van der Waals surface area contributed by atoms with Crippen molar-refractivity contribution >= 4 is 31.7 Å². The zero-order valence-corrected chi connectivity index (χ0v) is 15.2. The van der Waals surface area contributed by atoms with Crippen molar-refractivity contribution in [3.05, 3.63) is 48.5 Å². The Morgan fingerprint density at radius 2 is 1.50 bits per heavy atom. The van der Waals surface area contributed by atoms with Crippen LogP contribution in [0, 0.1) is 0 Å². The molecule has 0 aliphatic carbocycles. The molecule has 0 saturated carbocycles. The molecule has 0 fully saturated rings.